The number of fused-ring (bicyclic) bond motifs is 1. The fraction of sp³-hybridized carbons (Fsp3) is 0.571. The first-order valence-electron chi connectivity index (χ1n) is 6.75. The molecule has 19 heavy (non-hydrogen) atoms. The van der Waals surface area contributed by atoms with Crippen LogP contribution in [-0.4, -0.2) is 17.0 Å². The molecule has 1 aromatic rings. The Balaban J connectivity index is 1.66. The molecule has 4 nitrogen and oxygen atoms in total. The van der Waals surface area contributed by atoms with Crippen LogP contribution >= 0.6 is 11.3 Å². The van der Waals surface area contributed by atoms with Gasteiger partial charge in [0.2, 0.25) is 5.91 Å². The van der Waals surface area contributed by atoms with Crippen molar-refractivity contribution >= 4 is 23.2 Å². The summed E-state index contributed by atoms with van der Waals surface area (Å²) in [6, 6.07) is 2.66. The highest BCUT2D eigenvalue weighted by Gasteiger charge is 2.55. The largest absolute Gasteiger partial charge is 0.479 e. The summed E-state index contributed by atoms with van der Waals surface area (Å²) in [7, 11) is 0. The molecule has 2 saturated carbocycles. The van der Waals surface area contributed by atoms with Crippen LogP contribution in [0.4, 0.5) is 0 Å². The minimum atomic E-state index is -0.987. The average Bonchev–Trinajstić information content (AvgIpc) is 2.87. The lowest BCUT2D eigenvalue weighted by molar-refractivity contribution is -0.142. The van der Waals surface area contributed by atoms with Crippen LogP contribution in [0, 0.1) is 17.8 Å². The van der Waals surface area contributed by atoms with Crippen LogP contribution in [0.1, 0.15) is 36.6 Å². The van der Waals surface area contributed by atoms with Crippen molar-refractivity contribution in [1.82, 2.24) is 5.32 Å². The molecule has 1 amide bonds. The van der Waals surface area contributed by atoms with E-state index >= 15 is 0 Å². The second-order valence-corrected chi connectivity index (χ2v) is 6.41. The molecule has 0 radical (unpaired) electrons. The topological polar surface area (TPSA) is 66.4 Å². The number of aliphatic carboxylic acids is 1. The minimum absolute atomic E-state index is 0.0595. The molecule has 5 heteroatoms. The SMILES string of the molecule is O=C(O)C(NC(=O)C1C2CCCCC21)c1cccs1. The zero-order valence-electron chi connectivity index (χ0n) is 10.5. The van der Waals surface area contributed by atoms with Crippen LogP contribution in [0.25, 0.3) is 0 Å². The van der Waals surface area contributed by atoms with Crippen LogP contribution in [0.2, 0.25) is 0 Å². The molecule has 0 bridgehead atoms. The highest BCUT2D eigenvalue weighted by atomic mass is 32.1. The molecule has 0 saturated heterocycles. The summed E-state index contributed by atoms with van der Waals surface area (Å²) in [5.74, 6) is 0.0134. The van der Waals surface area contributed by atoms with Crippen molar-refractivity contribution in [1.29, 1.82) is 0 Å². The van der Waals surface area contributed by atoms with Crippen molar-refractivity contribution in [3.8, 4) is 0 Å². The van der Waals surface area contributed by atoms with E-state index in [0.29, 0.717) is 16.7 Å². The van der Waals surface area contributed by atoms with Gasteiger partial charge in [0.1, 0.15) is 0 Å². The van der Waals surface area contributed by atoms with E-state index in [2.05, 4.69) is 5.32 Å². The Labute approximate surface area is 115 Å². The van der Waals surface area contributed by atoms with Gasteiger partial charge in [0.05, 0.1) is 0 Å². The number of hydrogen-bond acceptors (Lipinski definition) is 3. The number of carboxylic acid groups (broad SMARTS) is 1. The van der Waals surface area contributed by atoms with Crippen molar-refractivity contribution < 1.29 is 14.7 Å². The summed E-state index contributed by atoms with van der Waals surface area (Å²) in [4.78, 5) is 24.2. The second-order valence-electron chi connectivity index (χ2n) is 5.43. The zero-order chi connectivity index (χ0) is 13.4. The lowest BCUT2D eigenvalue weighted by atomic mass is 10.0. The first-order valence-corrected chi connectivity index (χ1v) is 7.63. The quantitative estimate of drug-likeness (QED) is 0.889. The van der Waals surface area contributed by atoms with E-state index in [9.17, 15) is 14.7 Å². The van der Waals surface area contributed by atoms with Gasteiger partial charge in [-0.3, -0.25) is 4.79 Å². The van der Waals surface area contributed by atoms with Gasteiger partial charge in [-0.1, -0.05) is 18.9 Å². The van der Waals surface area contributed by atoms with E-state index in [4.69, 9.17) is 0 Å². The number of carbonyl (C=O) groups excluding carboxylic acids is 1. The van der Waals surface area contributed by atoms with E-state index in [1.165, 1.54) is 24.2 Å². The summed E-state index contributed by atoms with van der Waals surface area (Å²) in [6.45, 7) is 0. The van der Waals surface area contributed by atoms with Crippen LogP contribution < -0.4 is 5.32 Å². The first-order chi connectivity index (χ1) is 9.18. The summed E-state index contributed by atoms with van der Waals surface area (Å²) >= 11 is 1.36. The predicted octanol–water partition coefficient (Wildman–Crippen LogP) is 2.43. The standard InChI is InChI=1S/C14H17NO3S/c16-13(11-8-4-1-2-5-9(8)11)15-12(14(17)18)10-6-3-7-19-10/h3,6-9,11-12H,1-2,4-5H2,(H,15,16)(H,17,18). The molecule has 2 N–H and O–H groups in total. The normalized spacial score (nSPS) is 30.2. The highest BCUT2D eigenvalue weighted by molar-refractivity contribution is 7.10. The van der Waals surface area contributed by atoms with E-state index in [1.807, 2.05) is 5.38 Å². The number of carboxylic acids is 1. The van der Waals surface area contributed by atoms with E-state index in [0.717, 1.165) is 12.8 Å². The Hall–Kier alpha value is -1.36. The maximum atomic E-state index is 12.2. The number of carbonyl (C=O) groups is 2. The van der Waals surface area contributed by atoms with Crippen molar-refractivity contribution in [3.05, 3.63) is 22.4 Å². The van der Waals surface area contributed by atoms with Crippen molar-refractivity contribution in [3.63, 3.8) is 0 Å². The van der Waals surface area contributed by atoms with Crippen molar-refractivity contribution in [2.45, 2.75) is 31.7 Å². The Bertz CT molecular complexity index is 473. The van der Waals surface area contributed by atoms with Gasteiger partial charge >= 0.3 is 5.97 Å². The molecule has 3 unspecified atom stereocenters. The highest BCUT2D eigenvalue weighted by Crippen LogP contribution is 2.55. The lowest BCUT2D eigenvalue weighted by Gasteiger charge is -2.12. The smallest absolute Gasteiger partial charge is 0.331 e. The molecular weight excluding hydrogens is 262 g/mol. The molecule has 102 valence electrons. The molecule has 1 heterocycles. The average molecular weight is 279 g/mol. The maximum absolute atomic E-state index is 12.2. The summed E-state index contributed by atoms with van der Waals surface area (Å²) < 4.78 is 0. The van der Waals surface area contributed by atoms with Gasteiger partial charge in [-0.25, -0.2) is 4.79 Å². The van der Waals surface area contributed by atoms with E-state index < -0.39 is 12.0 Å². The van der Waals surface area contributed by atoms with Gasteiger partial charge in [0.15, 0.2) is 6.04 Å². The first kappa shape index (κ1) is 12.7. The van der Waals surface area contributed by atoms with Crippen LogP contribution in [0.15, 0.2) is 17.5 Å². The van der Waals surface area contributed by atoms with Gasteiger partial charge in [0, 0.05) is 10.8 Å². The number of thiophene rings is 1. The van der Waals surface area contributed by atoms with E-state index in [1.54, 1.807) is 12.1 Å². The Morgan fingerprint density at radius 2 is 2.00 bits per heavy atom. The lowest BCUT2D eigenvalue weighted by Crippen LogP contribution is -2.34. The zero-order valence-corrected chi connectivity index (χ0v) is 11.4. The van der Waals surface area contributed by atoms with Crippen LogP contribution in [-0.2, 0) is 9.59 Å². The molecule has 3 rings (SSSR count). The Kier molecular flexibility index (Phi) is 3.31. The third-order valence-corrected chi connectivity index (χ3v) is 5.26. The molecular formula is C14H17NO3S. The van der Waals surface area contributed by atoms with Gasteiger partial charge in [-0.2, -0.15) is 0 Å². The fourth-order valence-electron chi connectivity index (χ4n) is 3.33. The van der Waals surface area contributed by atoms with Gasteiger partial charge in [-0.15, -0.1) is 11.3 Å². The molecule has 0 spiro atoms. The van der Waals surface area contributed by atoms with Crippen LogP contribution in [0.3, 0.4) is 0 Å². The number of rotatable bonds is 4. The third kappa shape index (κ3) is 2.39. The third-order valence-electron chi connectivity index (χ3n) is 4.32. The molecule has 3 atom stereocenters. The summed E-state index contributed by atoms with van der Waals surface area (Å²) in [5, 5.41) is 13.8. The Morgan fingerprint density at radius 3 is 2.53 bits per heavy atom. The number of nitrogens with one attached hydrogen (secondary N) is 1. The maximum Gasteiger partial charge on any atom is 0.331 e. The fourth-order valence-corrected chi connectivity index (χ4v) is 4.10. The molecule has 0 aromatic carbocycles. The molecule has 2 aliphatic carbocycles. The van der Waals surface area contributed by atoms with Gasteiger partial charge in [0.25, 0.3) is 0 Å². The Morgan fingerprint density at radius 1 is 1.32 bits per heavy atom. The molecule has 0 aliphatic heterocycles. The molecule has 2 fully saturated rings. The minimum Gasteiger partial charge on any atom is -0.479 e. The number of hydrogen-bond donors (Lipinski definition) is 2. The van der Waals surface area contributed by atoms with Gasteiger partial charge < -0.3 is 10.4 Å². The monoisotopic (exact) mass is 279 g/mol. The van der Waals surface area contributed by atoms with Gasteiger partial charge in [-0.05, 0) is 36.1 Å². The van der Waals surface area contributed by atoms with E-state index in [-0.39, 0.29) is 11.8 Å². The van der Waals surface area contributed by atoms with Crippen molar-refractivity contribution in [2.75, 3.05) is 0 Å². The second kappa shape index (κ2) is 4.96. The predicted molar refractivity (Wildman–Crippen MR) is 71.8 cm³/mol. The summed E-state index contributed by atoms with van der Waals surface area (Å²) in [6.07, 6.45) is 4.66. The molecule has 1 aromatic heterocycles. The molecule has 2 aliphatic rings. The number of amides is 1. The van der Waals surface area contributed by atoms with Crippen molar-refractivity contribution in [2.24, 2.45) is 17.8 Å². The summed E-state index contributed by atoms with van der Waals surface area (Å²) in [5.41, 5.74) is 0. The van der Waals surface area contributed by atoms with Crippen LogP contribution in [0.5, 0.6) is 0 Å².